The summed E-state index contributed by atoms with van der Waals surface area (Å²) in [6.45, 7) is 13.2. The molecular weight excluding hydrogens is 1790 g/mol. The second kappa shape index (κ2) is 59.3. The molecule has 10 aromatic rings. The van der Waals surface area contributed by atoms with Crippen LogP contribution in [0.3, 0.4) is 0 Å². The highest BCUT2D eigenvalue weighted by Gasteiger charge is 2.45. The Bertz CT molecular complexity index is 5490. The summed E-state index contributed by atoms with van der Waals surface area (Å²) in [4.78, 5) is 145. The van der Waals surface area contributed by atoms with Crippen LogP contribution in [0, 0.1) is 5.41 Å². The lowest BCUT2D eigenvalue weighted by Gasteiger charge is -2.33. The number of primary amides is 2. The molecule has 0 spiro atoms. The third-order valence-electron chi connectivity index (χ3n) is 22.3. The Morgan fingerprint density at radius 1 is 0.532 bits per heavy atom. The molecule has 13 rings (SSSR count). The molecule has 3 heterocycles. The highest BCUT2D eigenvalue weighted by atomic mass is 28.3. The molecule has 3 aliphatic rings. The Balaban J connectivity index is 0.000000239. The largest absolute Gasteiger partial charge is 0.493 e. The number of carbonyl (C=O) groups excluding carboxylic acids is 12. The summed E-state index contributed by atoms with van der Waals surface area (Å²) in [6, 6.07) is 72.6. The number of cyclic esters (lactones) is 1. The zero-order valence-electron chi connectivity index (χ0n) is 80.6. The van der Waals surface area contributed by atoms with Gasteiger partial charge in [-0.2, -0.15) is 0 Å². The maximum absolute atomic E-state index is 13.0. The van der Waals surface area contributed by atoms with E-state index in [1.165, 1.54) is 14.1 Å². The lowest BCUT2D eigenvalue weighted by atomic mass is 9.82. The van der Waals surface area contributed by atoms with Crippen molar-refractivity contribution in [2.45, 2.75) is 128 Å². The van der Waals surface area contributed by atoms with E-state index < -0.39 is 55.0 Å². The fourth-order valence-corrected chi connectivity index (χ4v) is 15.6. The normalized spacial score (nSPS) is 15.8. The number of nitrogens with one attached hydrogen (secondary N) is 7. The van der Waals surface area contributed by atoms with Crippen molar-refractivity contribution < 1.29 is 86.3 Å². The summed E-state index contributed by atoms with van der Waals surface area (Å²) in [6.07, 6.45) is 8.36. The topological polar surface area (TPSA) is 518 Å². The van der Waals surface area contributed by atoms with Crippen LogP contribution in [-0.4, -0.2) is 237 Å². The van der Waals surface area contributed by atoms with Gasteiger partial charge < -0.3 is 110 Å². The second-order valence-corrected chi connectivity index (χ2v) is 40.1. The van der Waals surface area contributed by atoms with Crippen molar-refractivity contribution in [2.75, 3.05) is 119 Å². The Morgan fingerprint density at radius 3 is 1.33 bits per heavy atom. The van der Waals surface area contributed by atoms with Crippen LogP contribution < -0.4 is 85.8 Å². The van der Waals surface area contributed by atoms with E-state index in [-0.39, 0.29) is 80.2 Å². The Kier molecular flexibility index (Phi) is 47.9. The molecule has 10 aromatic carbocycles. The number of amides is 9. The Hall–Kier alpha value is -13.8. The van der Waals surface area contributed by atoms with Crippen molar-refractivity contribution in [2.24, 2.45) is 39.8 Å². The van der Waals surface area contributed by atoms with Crippen molar-refractivity contribution in [1.29, 1.82) is 0 Å². The molecule has 0 saturated carbocycles. The first-order chi connectivity index (χ1) is 66.8. The van der Waals surface area contributed by atoms with Gasteiger partial charge in [0.25, 0.3) is 17.7 Å². The molecule has 3 saturated heterocycles. The molecule has 5 atom stereocenters. The number of aliphatic hydroxyl groups is 1. The molecule has 9 amide bonds. The number of nitrogens with zero attached hydrogens (tertiary/aromatic N) is 2. The maximum Gasteiger partial charge on any atom is 0.323 e. The van der Waals surface area contributed by atoms with Crippen LogP contribution in [0.4, 0.5) is 0 Å². The minimum Gasteiger partial charge on any atom is -0.493 e. The van der Waals surface area contributed by atoms with Crippen LogP contribution in [0.2, 0.25) is 19.6 Å². The maximum atomic E-state index is 13.0. The summed E-state index contributed by atoms with van der Waals surface area (Å²) in [5.41, 5.74) is 35.7. The summed E-state index contributed by atoms with van der Waals surface area (Å²) in [5.74, 6) is -1.83. The summed E-state index contributed by atoms with van der Waals surface area (Å²) >= 11 is 0. The molecular formula is C105H137N15O18Si. The van der Waals surface area contributed by atoms with E-state index in [1.807, 2.05) is 229 Å². The molecule has 139 heavy (non-hydrogen) atoms. The fraction of sp³-hybridized carbons (Fsp3) is 0.371. The first kappa shape index (κ1) is 112. The molecule has 0 bridgehead atoms. The van der Waals surface area contributed by atoms with Crippen LogP contribution >= 0.6 is 0 Å². The molecule has 33 nitrogen and oxygen atoms in total. The number of benzene rings is 10. The van der Waals surface area contributed by atoms with Crippen molar-refractivity contribution in [3.8, 4) is 17.2 Å². The van der Waals surface area contributed by atoms with Gasteiger partial charge in [0, 0.05) is 53.2 Å². The number of fused-ring (bicyclic) bond motifs is 3. The number of unbranched alkanes of at least 4 members (excludes halogenated alkanes) is 3. The van der Waals surface area contributed by atoms with Crippen LogP contribution in [-0.2, 0) is 78.3 Å². The number of piperazine rings is 1. The molecule has 3 unspecified atom stereocenters. The van der Waals surface area contributed by atoms with Gasteiger partial charge in [-0.25, -0.2) is 0 Å². The van der Waals surface area contributed by atoms with Gasteiger partial charge in [-0.05, 0) is 182 Å². The molecule has 20 N–H and O–H groups in total. The first-order valence-corrected chi connectivity index (χ1v) is 50.3. The van der Waals surface area contributed by atoms with E-state index in [1.54, 1.807) is 25.2 Å². The predicted octanol–water partition coefficient (Wildman–Crippen LogP) is 7.65. The lowest BCUT2D eigenvalue weighted by Crippen LogP contribution is -2.56. The molecule has 3 fully saturated rings. The number of likely N-dealkylation sites (N-methyl/N-ethyl adjacent to an activating group) is 2. The van der Waals surface area contributed by atoms with E-state index in [4.69, 9.17) is 52.4 Å². The van der Waals surface area contributed by atoms with E-state index in [0.717, 1.165) is 99.5 Å². The van der Waals surface area contributed by atoms with Gasteiger partial charge in [0.15, 0.2) is 0 Å². The number of likely N-dealkylation sites (tertiary alicyclic amines) is 1. The zero-order valence-corrected chi connectivity index (χ0v) is 81.6. The van der Waals surface area contributed by atoms with Crippen molar-refractivity contribution in [1.82, 2.24) is 47.0 Å². The Labute approximate surface area is 814 Å². The molecule has 0 aliphatic carbocycles. The van der Waals surface area contributed by atoms with Gasteiger partial charge in [-0.1, -0.05) is 214 Å². The molecule has 34 heteroatoms. The average Bonchev–Trinajstić information content (AvgIpc) is 1.53. The zero-order chi connectivity index (χ0) is 101. The number of carbonyl (C=O) groups is 12. The van der Waals surface area contributed by atoms with Crippen molar-refractivity contribution >= 4 is 112 Å². The van der Waals surface area contributed by atoms with Gasteiger partial charge in [0.2, 0.25) is 41.7 Å². The van der Waals surface area contributed by atoms with E-state index in [0.29, 0.717) is 138 Å². The summed E-state index contributed by atoms with van der Waals surface area (Å²) in [7, 11) is 3.15. The van der Waals surface area contributed by atoms with Crippen molar-refractivity contribution in [3.63, 3.8) is 0 Å². The van der Waals surface area contributed by atoms with Gasteiger partial charge in [-0.3, -0.25) is 58.1 Å². The molecule has 3 aliphatic heterocycles. The number of ether oxygens (including phenoxy) is 5. The summed E-state index contributed by atoms with van der Waals surface area (Å²) in [5, 5.41) is 33.6. The van der Waals surface area contributed by atoms with Crippen LogP contribution in [0.25, 0.3) is 32.3 Å². The highest BCUT2D eigenvalue weighted by molar-refractivity contribution is 6.76. The van der Waals surface area contributed by atoms with Gasteiger partial charge in [0.05, 0.1) is 95.0 Å². The number of hydrogen-bond acceptors (Lipinski definition) is 24. The molecule has 744 valence electrons. The van der Waals surface area contributed by atoms with Crippen LogP contribution in [0.5, 0.6) is 17.2 Å². The third-order valence-corrected chi connectivity index (χ3v) is 23.3. The quantitative estimate of drug-likeness (QED) is 0.00757. The van der Waals surface area contributed by atoms with Crippen molar-refractivity contribution in [3.05, 3.63) is 269 Å². The lowest BCUT2D eigenvalue weighted by molar-refractivity contribution is -0.158. The SMILES string of the molecule is CN.CNC(=O)CN.CNC(=O)CNC(=O)c1cc2ccccc2cc1OCCCCN.C[C@]1(Cc2ccccc2)CC(O)OC1=O.C[Si](C)(C)COC(=O)C(Cc1ccccc1)NCC=O.NC(=O)CNC(=O)c1cc2ccccc2cc1OCCCCN1CCNC(Cc2ccccc2)C1=O.NC(=O)CNC(=O)c1cc2ccccc2cc1OCCCCN1CC[C@](N)(Cc2ccccc2)C1=O. The summed E-state index contributed by atoms with van der Waals surface area (Å²) < 4.78 is 27.9. The van der Waals surface area contributed by atoms with Gasteiger partial charge >= 0.3 is 11.9 Å². The highest BCUT2D eigenvalue weighted by Crippen LogP contribution is 2.37. The van der Waals surface area contributed by atoms with Crippen LogP contribution in [0.15, 0.2) is 231 Å². The fourth-order valence-electron chi connectivity index (χ4n) is 15.0. The Morgan fingerprint density at radius 2 is 0.935 bits per heavy atom. The number of aldehydes is 1. The van der Waals surface area contributed by atoms with Gasteiger partial charge in [0.1, 0.15) is 35.1 Å². The van der Waals surface area contributed by atoms with Crippen LogP contribution in [0.1, 0.15) is 112 Å². The van der Waals surface area contributed by atoms with E-state index >= 15 is 0 Å². The standard InChI is InChI=1S/2C28H32N4O4.C18H23N3O3.C15H23NO3Si.C12H14O3.C3H8N2O.CH5N/c29-25(33)19-31-26(34)23-16-21-10-4-5-11-22(21)17-24(23)36-15-7-6-13-32-14-12-28(30,27(32)35)18-20-8-2-1-3-9-20;29-26(33)19-31-27(34)23-17-21-10-4-5-11-22(21)18-25(23)36-15-7-6-13-32-14-12-30-24(28(32)35)16-20-8-2-1-3-9-20;1-20-17(22)12-21-18(23)15-10-13-6-2-3-7-14(13)11-16(15)24-9-5-4-8-19;1-20(2,3)12-19-15(18)14(16-9-10-17)11-13-7-5-4-6-8-13;1-12(8-10(13)15-11(12)14)7-9-5-3-2-4-6-9;1-5-3(6)2-4;1-2/h1-5,8-11,16-17H,6-7,12-15,18-19,30H2,(H2,29,33)(H,31,34);1-5,8-11,17-18,24,30H,6-7,12-16,19H2,(H2,29,33)(H,31,34);2-3,6-7,10-11H,4-5,8-9,12,19H2,1H3,(H,20,22)(H,21,23);4-8,10,14,16H,9,11-12H2,1-3H3;2-6,10,13H,7-8H2,1H3;2,4H2,1H3,(H,5,6);2H2,1H3/t28-;;;;10?,12-;;/m0...0../s1. The third kappa shape index (κ3) is 38.6. The number of nitrogens with two attached hydrogens (primary N) is 6. The number of esters is 2. The average molecular weight is 1930 g/mol. The molecule has 0 radical (unpaired) electrons. The van der Waals surface area contributed by atoms with E-state index in [2.05, 4.69) is 62.6 Å². The second-order valence-electron chi connectivity index (χ2n) is 34.7. The first-order valence-electron chi connectivity index (χ1n) is 46.6. The van der Waals surface area contributed by atoms with Gasteiger partial charge in [-0.15, -0.1) is 0 Å². The monoisotopic (exact) mass is 1920 g/mol. The number of hydrogen-bond donors (Lipinski definition) is 14. The number of aliphatic hydroxyl groups excluding tert-OH is 1. The minimum atomic E-state index is -1.43. The van der Waals surface area contributed by atoms with E-state index in [9.17, 15) is 62.6 Å². The predicted molar refractivity (Wildman–Crippen MR) is 542 cm³/mol. The number of rotatable bonds is 41. The smallest absolute Gasteiger partial charge is 0.323 e. The molecule has 0 aromatic heterocycles. The minimum absolute atomic E-state index is 0.00444.